The number of hydrogen-bond donors (Lipinski definition) is 1. The predicted octanol–water partition coefficient (Wildman–Crippen LogP) is 5.07. The van der Waals surface area contributed by atoms with Gasteiger partial charge in [0.25, 0.3) is 0 Å². The van der Waals surface area contributed by atoms with Gasteiger partial charge in [-0.2, -0.15) is 8.75 Å². The number of halogens is 2. The van der Waals surface area contributed by atoms with Crippen molar-refractivity contribution in [3.05, 3.63) is 16.1 Å². The molecule has 0 unspecified atom stereocenters. The van der Waals surface area contributed by atoms with Gasteiger partial charge in [0.2, 0.25) is 0 Å². The summed E-state index contributed by atoms with van der Waals surface area (Å²) in [4.78, 5) is 4.84. The Kier molecular flexibility index (Phi) is 4.32. The van der Waals surface area contributed by atoms with Gasteiger partial charge in [-0.15, -0.1) is 0 Å². The van der Waals surface area contributed by atoms with Gasteiger partial charge in [-0.1, -0.05) is 48.8 Å². The summed E-state index contributed by atoms with van der Waals surface area (Å²) >= 11 is 15.3. The van der Waals surface area contributed by atoms with E-state index in [1.807, 2.05) is 0 Å². The lowest BCUT2D eigenvalue weighted by Gasteiger charge is -2.20. The summed E-state index contributed by atoms with van der Waals surface area (Å²) in [6.45, 7) is 4.35. The van der Waals surface area contributed by atoms with Gasteiger partial charge in [-0.25, -0.2) is 0 Å². The SMILES string of the molecule is CCC1(CC)CSC(Nc2c(Cl)cc(Cl)c3nsnc23)=N1. The van der Waals surface area contributed by atoms with Crippen LogP contribution in [0.4, 0.5) is 5.69 Å². The van der Waals surface area contributed by atoms with E-state index in [-0.39, 0.29) is 5.54 Å². The van der Waals surface area contributed by atoms with Crippen molar-refractivity contribution in [2.45, 2.75) is 32.2 Å². The molecule has 0 bridgehead atoms. The second-order valence-electron chi connectivity index (χ2n) is 4.94. The van der Waals surface area contributed by atoms with Crippen molar-refractivity contribution >= 4 is 68.6 Å². The van der Waals surface area contributed by atoms with Crippen LogP contribution in [0.15, 0.2) is 11.1 Å². The molecule has 1 aliphatic rings. The third kappa shape index (κ3) is 2.74. The highest BCUT2D eigenvalue weighted by atomic mass is 35.5. The zero-order valence-corrected chi connectivity index (χ0v) is 14.8. The van der Waals surface area contributed by atoms with Gasteiger partial charge in [-0.05, 0) is 18.9 Å². The first kappa shape index (κ1) is 15.3. The smallest absolute Gasteiger partial charge is 0.161 e. The molecule has 0 fully saturated rings. The molecule has 4 nitrogen and oxygen atoms in total. The fourth-order valence-corrected chi connectivity index (χ4v) is 4.73. The highest BCUT2D eigenvalue weighted by Crippen LogP contribution is 2.38. The Labute approximate surface area is 141 Å². The van der Waals surface area contributed by atoms with Gasteiger partial charge in [0.05, 0.1) is 33.0 Å². The van der Waals surface area contributed by atoms with Crippen molar-refractivity contribution < 1.29 is 0 Å². The van der Waals surface area contributed by atoms with Crippen molar-refractivity contribution in [1.29, 1.82) is 0 Å². The third-order valence-electron chi connectivity index (χ3n) is 3.81. The molecule has 2 aromatic rings. The third-order valence-corrected chi connectivity index (χ3v) is 6.07. The molecule has 112 valence electrons. The molecule has 0 spiro atoms. The normalized spacial score (nSPS) is 17.2. The number of thioether (sulfide) groups is 1. The van der Waals surface area contributed by atoms with E-state index in [1.54, 1.807) is 17.8 Å². The fourth-order valence-electron chi connectivity index (χ4n) is 2.26. The second-order valence-corrected chi connectivity index (χ2v) is 7.25. The van der Waals surface area contributed by atoms with Crippen LogP contribution in [0.25, 0.3) is 11.0 Å². The molecule has 1 aromatic carbocycles. The molecule has 0 saturated carbocycles. The molecule has 1 aliphatic heterocycles. The van der Waals surface area contributed by atoms with Crippen molar-refractivity contribution in [2.75, 3.05) is 11.1 Å². The number of rotatable bonds is 3. The summed E-state index contributed by atoms with van der Waals surface area (Å²) in [6.07, 6.45) is 2.06. The van der Waals surface area contributed by atoms with Crippen LogP contribution in [0.1, 0.15) is 26.7 Å². The summed E-state index contributed by atoms with van der Waals surface area (Å²) in [5.41, 5.74) is 2.14. The molecule has 0 aliphatic carbocycles. The van der Waals surface area contributed by atoms with Gasteiger partial charge in [0.1, 0.15) is 11.0 Å². The second kappa shape index (κ2) is 5.91. The Morgan fingerprint density at radius 1 is 1.19 bits per heavy atom. The van der Waals surface area contributed by atoms with Crippen molar-refractivity contribution in [1.82, 2.24) is 8.75 Å². The molecule has 8 heteroatoms. The number of fused-ring (bicyclic) bond motifs is 1. The van der Waals surface area contributed by atoms with Gasteiger partial charge in [-0.3, -0.25) is 4.99 Å². The van der Waals surface area contributed by atoms with Crippen LogP contribution >= 0.6 is 46.7 Å². The van der Waals surface area contributed by atoms with Gasteiger partial charge >= 0.3 is 0 Å². The van der Waals surface area contributed by atoms with Crippen LogP contribution < -0.4 is 5.32 Å². The quantitative estimate of drug-likeness (QED) is 0.829. The van der Waals surface area contributed by atoms with E-state index in [2.05, 4.69) is 27.9 Å². The predicted molar refractivity (Wildman–Crippen MR) is 94.3 cm³/mol. The lowest BCUT2D eigenvalue weighted by Crippen LogP contribution is -2.24. The molecule has 0 radical (unpaired) electrons. The monoisotopic (exact) mass is 360 g/mol. The Balaban J connectivity index is 1.98. The van der Waals surface area contributed by atoms with Gasteiger partial charge in [0, 0.05) is 5.75 Å². The van der Waals surface area contributed by atoms with E-state index in [9.17, 15) is 0 Å². The maximum atomic E-state index is 6.31. The molecule has 0 amide bonds. The molecule has 2 heterocycles. The zero-order valence-electron chi connectivity index (χ0n) is 11.6. The van der Waals surface area contributed by atoms with E-state index >= 15 is 0 Å². The zero-order chi connectivity index (χ0) is 15.0. The number of nitrogens with zero attached hydrogens (tertiary/aromatic N) is 3. The first-order valence-corrected chi connectivity index (χ1v) is 9.15. The number of benzene rings is 1. The molecule has 21 heavy (non-hydrogen) atoms. The topological polar surface area (TPSA) is 50.2 Å². The largest absolute Gasteiger partial charge is 0.332 e. The molecule has 0 saturated heterocycles. The Bertz CT molecular complexity index is 710. The summed E-state index contributed by atoms with van der Waals surface area (Å²) in [5.74, 6) is 0.992. The maximum absolute atomic E-state index is 6.31. The average Bonchev–Trinajstić information content (AvgIpc) is 3.11. The number of hydrogen-bond acceptors (Lipinski definition) is 6. The number of nitrogens with one attached hydrogen (secondary N) is 1. The van der Waals surface area contributed by atoms with Crippen LogP contribution in [0, 0.1) is 0 Å². The Hall–Kier alpha value is -0.560. The molecular weight excluding hydrogens is 347 g/mol. The standard InChI is InChI=1S/C13H14Cl2N4S2/c1-3-13(4-2)6-20-12(17-13)16-9-7(14)5-8(15)10-11(9)19-21-18-10/h5H,3-4,6H2,1-2H3,(H,16,17). The minimum absolute atomic E-state index is 0.0331. The van der Waals surface area contributed by atoms with Crippen LogP contribution in [0.3, 0.4) is 0 Å². The molecule has 0 atom stereocenters. The van der Waals surface area contributed by atoms with E-state index in [0.29, 0.717) is 21.1 Å². The van der Waals surface area contributed by atoms with Crippen molar-refractivity contribution in [2.24, 2.45) is 4.99 Å². The van der Waals surface area contributed by atoms with E-state index in [0.717, 1.165) is 41.2 Å². The first-order chi connectivity index (χ1) is 10.1. The number of aliphatic imine (C=N–C) groups is 1. The van der Waals surface area contributed by atoms with Crippen LogP contribution in [0.2, 0.25) is 10.0 Å². The summed E-state index contributed by atoms with van der Waals surface area (Å²) < 4.78 is 8.50. The van der Waals surface area contributed by atoms with Crippen molar-refractivity contribution in [3.63, 3.8) is 0 Å². The minimum Gasteiger partial charge on any atom is -0.332 e. The van der Waals surface area contributed by atoms with E-state index < -0.39 is 0 Å². The highest BCUT2D eigenvalue weighted by molar-refractivity contribution is 8.14. The lowest BCUT2D eigenvalue weighted by molar-refractivity contribution is 0.456. The average molecular weight is 361 g/mol. The fraction of sp³-hybridized carbons (Fsp3) is 0.462. The van der Waals surface area contributed by atoms with Gasteiger partial charge in [0.15, 0.2) is 5.17 Å². The van der Waals surface area contributed by atoms with Crippen LogP contribution in [-0.4, -0.2) is 25.2 Å². The minimum atomic E-state index is 0.0331. The van der Waals surface area contributed by atoms with E-state index in [4.69, 9.17) is 28.2 Å². The number of anilines is 1. The van der Waals surface area contributed by atoms with Crippen LogP contribution in [-0.2, 0) is 0 Å². The van der Waals surface area contributed by atoms with E-state index in [1.165, 1.54) is 0 Å². The number of amidine groups is 1. The maximum Gasteiger partial charge on any atom is 0.161 e. The molecule has 3 rings (SSSR count). The highest BCUT2D eigenvalue weighted by Gasteiger charge is 2.32. The van der Waals surface area contributed by atoms with Crippen molar-refractivity contribution in [3.8, 4) is 0 Å². The number of aromatic nitrogens is 2. The molecule has 1 aromatic heterocycles. The van der Waals surface area contributed by atoms with Gasteiger partial charge < -0.3 is 5.32 Å². The first-order valence-electron chi connectivity index (χ1n) is 6.68. The molecule has 1 N–H and O–H groups in total. The summed E-state index contributed by atoms with van der Waals surface area (Å²) in [7, 11) is 0. The lowest BCUT2D eigenvalue weighted by atomic mass is 9.97. The molecular formula is C13H14Cl2N4S2. The van der Waals surface area contributed by atoms with Crippen LogP contribution in [0.5, 0.6) is 0 Å². The summed E-state index contributed by atoms with van der Waals surface area (Å²) in [5, 5.41) is 5.26. The summed E-state index contributed by atoms with van der Waals surface area (Å²) in [6, 6.07) is 1.70. The Morgan fingerprint density at radius 3 is 2.57 bits per heavy atom. The Morgan fingerprint density at radius 2 is 1.90 bits per heavy atom.